The number of carboxylic acids is 1. The van der Waals surface area contributed by atoms with E-state index < -0.39 is 35.2 Å². The van der Waals surface area contributed by atoms with Gasteiger partial charge in [0.2, 0.25) is 0 Å². The zero-order chi connectivity index (χ0) is 15.7. The molecule has 0 aliphatic carbocycles. The Bertz CT molecular complexity index is 545. The largest absolute Gasteiger partial charge is 0.480 e. The number of likely N-dealkylation sites (N-methyl/N-ethyl adjacent to an activating group) is 1. The number of halogens is 4. The molecule has 1 unspecified atom stereocenters. The Morgan fingerprint density at radius 2 is 1.90 bits per heavy atom. The van der Waals surface area contributed by atoms with Crippen molar-refractivity contribution < 1.29 is 27.9 Å². The van der Waals surface area contributed by atoms with Gasteiger partial charge in [-0.25, -0.2) is 4.79 Å². The lowest BCUT2D eigenvalue weighted by atomic mass is 10.1. The van der Waals surface area contributed by atoms with E-state index >= 15 is 0 Å². The topological polar surface area (TPSA) is 57.6 Å². The van der Waals surface area contributed by atoms with Gasteiger partial charge in [-0.2, -0.15) is 13.2 Å². The summed E-state index contributed by atoms with van der Waals surface area (Å²) in [5, 5.41) is 8.80. The molecular formula is C12H11BrF3NO3. The predicted molar refractivity (Wildman–Crippen MR) is 68.3 cm³/mol. The molecule has 1 rings (SSSR count). The summed E-state index contributed by atoms with van der Waals surface area (Å²) >= 11 is 2.91. The Labute approximate surface area is 121 Å². The first kappa shape index (κ1) is 16.5. The number of amides is 1. The van der Waals surface area contributed by atoms with Crippen molar-refractivity contribution in [1.82, 2.24) is 4.90 Å². The van der Waals surface area contributed by atoms with Crippen LogP contribution in [0.15, 0.2) is 22.7 Å². The van der Waals surface area contributed by atoms with Gasteiger partial charge in [0.25, 0.3) is 5.91 Å². The monoisotopic (exact) mass is 353 g/mol. The summed E-state index contributed by atoms with van der Waals surface area (Å²) in [6.45, 7) is 1.21. The zero-order valence-corrected chi connectivity index (χ0v) is 12.1. The lowest BCUT2D eigenvalue weighted by Crippen LogP contribution is -2.40. The number of hydrogen-bond acceptors (Lipinski definition) is 2. The highest BCUT2D eigenvalue weighted by molar-refractivity contribution is 9.10. The molecule has 0 radical (unpaired) electrons. The molecule has 20 heavy (non-hydrogen) atoms. The van der Waals surface area contributed by atoms with E-state index in [4.69, 9.17) is 5.11 Å². The Kier molecular flexibility index (Phi) is 4.80. The van der Waals surface area contributed by atoms with Crippen LogP contribution in [-0.4, -0.2) is 35.0 Å². The van der Waals surface area contributed by atoms with Gasteiger partial charge >= 0.3 is 12.1 Å². The average molecular weight is 354 g/mol. The number of aliphatic carboxylic acids is 1. The van der Waals surface area contributed by atoms with E-state index in [0.717, 1.165) is 24.1 Å². The van der Waals surface area contributed by atoms with Crippen molar-refractivity contribution in [3.63, 3.8) is 0 Å². The molecule has 0 bridgehead atoms. The number of carboxylic acid groups (broad SMARTS) is 1. The van der Waals surface area contributed by atoms with Crippen molar-refractivity contribution in [1.29, 1.82) is 0 Å². The van der Waals surface area contributed by atoms with Gasteiger partial charge in [-0.1, -0.05) is 15.9 Å². The zero-order valence-electron chi connectivity index (χ0n) is 10.5. The SMILES string of the molecule is CC(C(=O)O)N(C)C(=O)c1ccc(Br)cc1C(F)(F)F. The van der Waals surface area contributed by atoms with Gasteiger partial charge in [-0.05, 0) is 25.1 Å². The summed E-state index contributed by atoms with van der Waals surface area (Å²) < 4.78 is 38.9. The molecule has 0 aliphatic rings. The maximum Gasteiger partial charge on any atom is 0.417 e. The van der Waals surface area contributed by atoms with Crippen molar-refractivity contribution >= 4 is 27.8 Å². The highest BCUT2D eigenvalue weighted by Crippen LogP contribution is 2.34. The van der Waals surface area contributed by atoms with E-state index in [9.17, 15) is 22.8 Å². The molecular weight excluding hydrogens is 343 g/mol. The van der Waals surface area contributed by atoms with Crippen molar-refractivity contribution in [2.45, 2.75) is 19.1 Å². The third kappa shape index (κ3) is 3.50. The van der Waals surface area contributed by atoms with Crippen molar-refractivity contribution in [3.05, 3.63) is 33.8 Å². The summed E-state index contributed by atoms with van der Waals surface area (Å²) in [5.41, 5.74) is -1.70. The molecule has 1 N–H and O–H groups in total. The molecule has 1 amide bonds. The van der Waals surface area contributed by atoms with Crippen LogP contribution in [0.5, 0.6) is 0 Å². The van der Waals surface area contributed by atoms with Crippen molar-refractivity contribution in [2.75, 3.05) is 7.05 Å². The van der Waals surface area contributed by atoms with Gasteiger partial charge in [-0.3, -0.25) is 4.79 Å². The molecule has 0 saturated heterocycles. The van der Waals surface area contributed by atoms with Gasteiger partial charge in [0, 0.05) is 11.5 Å². The molecule has 1 atom stereocenters. The second-order valence-corrected chi connectivity index (χ2v) is 5.03. The fraction of sp³-hybridized carbons (Fsp3) is 0.333. The Balaban J connectivity index is 3.26. The highest BCUT2D eigenvalue weighted by atomic mass is 79.9. The van der Waals surface area contributed by atoms with Gasteiger partial charge in [0.1, 0.15) is 6.04 Å². The molecule has 110 valence electrons. The first-order valence-electron chi connectivity index (χ1n) is 5.42. The predicted octanol–water partition coefficient (Wildman–Crippen LogP) is 3.01. The van der Waals surface area contributed by atoms with E-state index in [1.807, 2.05) is 0 Å². The van der Waals surface area contributed by atoms with E-state index in [-0.39, 0.29) is 4.47 Å². The third-order valence-electron chi connectivity index (χ3n) is 2.78. The van der Waals surface area contributed by atoms with E-state index in [1.165, 1.54) is 13.0 Å². The third-order valence-corrected chi connectivity index (χ3v) is 3.27. The second kappa shape index (κ2) is 5.82. The summed E-state index contributed by atoms with van der Waals surface area (Å²) in [7, 11) is 1.14. The standard InChI is InChI=1S/C12H11BrF3NO3/c1-6(11(19)20)17(2)10(18)8-4-3-7(13)5-9(8)12(14,15)16/h3-6H,1-2H3,(H,19,20). The van der Waals surface area contributed by atoms with Crippen LogP contribution in [0.3, 0.4) is 0 Å². The normalized spacial score (nSPS) is 12.9. The number of carbonyl (C=O) groups is 2. The molecule has 0 aromatic heterocycles. The average Bonchev–Trinajstić information content (AvgIpc) is 2.34. The molecule has 0 saturated carbocycles. The fourth-order valence-electron chi connectivity index (χ4n) is 1.47. The van der Waals surface area contributed by atoms with Gasteiger partial charge in [-0.15, -0.1) is 0 Å². The van der Waals surface area contributed by atoms with Crippen LogP contribution in [0.2, 0.25) is 0 Å². The highest BCUT2D eigenvalue weighted by Gasteiger charge is 2.37. The molecule has 8 heteroatoms. The van der Waals surface area contributed by atoms with Gasteiger partial charge in [0.05, 0.1) is 11.1 Å². The number of benzene rings is 1. The van der Waals surface area contributed by atoms with Crippen LogP contribution in [0.4, 0.5) is 13.2 Å². The summed E-state index contributed by atoms with van der Waals surface area (Å²) in [6.07, 6.45) is -4.71. The summed E-state index contributed by atoms with van der Waals surface area (Å²) in [6, 6.07) is 1.86. The first-order chi connectivity index (χ1) is 9.05. The minimum Gasteiger partial charge on any atom is -0.480 e. The van der Waals surface area contributed by atoms with Crippen LogP contribution >= 0.6 is 15.9 Å². The number of rotatable bonds is 3. The molecule has 0 aliphatic heterocycles. The quantitative estimate of drug-likeness (QED) is 0.908. The van der Waals surface area contributed by atoms with Crippen LogP contribution in [0.1, 0.15) is 22.8 Å². The van der Waals surface area contributed by atoms with E-state index in [0.29, 0.717) is 0 Å². The molecule has 0 fully saturated rings. The maximum atomic E-state index is 12.9. The lowest BCUT2D eigenvalue weighted by molar-refractivity contribution is -0.141. The van der Waals surface area contributed by atoms with Gasteiger partial charge in [0.15, 0.2) is 0 Å². The van der Waals surface area contributed by atoms with E-state index in [1.54, 1.807) is 0 Å². The molecule has 1 aromatic carbocycles. The number of hydrogen-bond donors (Lipinski definition) is 1. The maximum absolute atomic E-state index is 12.9. The second-order valence-electron chi connectivity index (χ2n) is 4.12. The van der Waals surface area contributed by atoms with Gasteiger partial charge < -0.3 is 10.0 Å². The minimum absolute atomic E-state index is 0.176. The van der Waals surface area contributed by atoms with E-state index in [2.05, 4.69) is 15.9 Å². The number of nitrogens with zero attached hydrogens (tertiary/aromatic N) is 1. The van der Waals surface area contributed by atoms with Crippen LogP contribution in [0, 0.1) is 0 Å². The number of carbonyl (C=O) groups excluding carboxylic acids is 1. The molecule has 0 spiro atoms. The van der Waals surface area contributed by atoms with Crippen LogP contribution in [0.25, 0.3) is 0 Å². The fourth-order valence-corrected chi connectivity index (χ4v) is 1.83. The smallest absolute Gasteiger partial charge is 0.417 e. The Hall–Kier alpha value is -1.57. The lowest BCUT2D eigenvalue weighted by Gasteiger charge is -2.23. The molecule has 1 aromatic rings. The van der Waals surface area contributed by atoms with Crippen LogP contribution < -0.4 is 0 Å². The number of alkyl halides is 3. The van der Waals surface area contributed by atoms with Crippen molar-refractivity contribution in [3.8, 4) is 0 Å². The molecule has 0 heterocycles. The Morgan fingerprint density at radius 1 is 1.35 bits per heavy atom. The summed E-state index contributed by atoms with van der Waals surface area (Å²) in [5.74, 6) is -2.30. The summed E-state index contributed by atoms with van der Waals surface area (Å²) in [4.78, 5) is 23.6. The van der Waals surface area contributed by atoms with Crippen molar-refractivity contribution in [2.24, 2.45) is 0 Å². The first-order valence-corrected chi connectivity index (χ1v) is 6.21. The Morgan fingerprint density at radius 3 is 2.35 bits per heavy atom. The van der Waals surface area contributed by atoms with Crippen LogP contribution in [-0.2, 0) is 11.0 Å². The molecule has 4 nitrogen and oxygen atoms in total. The minimum atomic E-state index is -4.71.